The van der Waals surface area contributed by atoms with Crippen LogP contribution in [0.3, 0.4) is 0 Å². The highest BCUT2D eigenvalue weighted by atomic mass is 16.6. The summed E-state index contributed by atoms with van der Waals surface area (Å²) in [5.74, 6) is -1.50. The Labute approximate surface area is 109 Å². The van der Waals surface area contributed by atoms with Gasteiger partial charge in [0.1, 0.15) is 6.54 Å². The first-order valence-electron chi connectivity index (χ1n) is 5.51. The Bertz CT molecular complexity index is 527. The molecule has 0 atom stereocenters. The Kier molecular flexibility index (Phi) is 4.57. The summed E-state index contributed by atoms with van der Waals surface area (Å²) in [5, 5.41) is 19.4. The van der Waals surface area contributed by atoms with Gasteiger partial charge in [0.15, 0.2) is 0 Å². The van der Waals surface area contributed by atoms with Gasteiger partial charge in [-0.2, -0.15) is 0 Å². The lowest BCUT2D eigenvalue weighted by molar-refractivity contribution is -0.385. The normalized spacial score (nSPS) is 10.0. The maximum absolute atomic E-state index is 11.8. The number of nitrogens with zero attached hydrogens (tertiary/aromatic N) is 2. The van der Waals surface area contributed by atoms with E-state index < -0.39 is 23.3 Å². The summed E-state index contributed by atoms with van der Waals surface area (Å²) in [6.07, 6.45) is -0.0582. The zero-order valence-electron chi connectivity index (χ0n) is 10.6. The Balaban J connectivity index is 2.88. The molecule has 7 nitrogen and oxygen atoms in total. The number of rotatable bonds is 5. The number of hydrogen-bond acceptors (Lipinski definition) is 4. The van der Waals surface area contributed by atoms with E-state index in [0.29, 0.717) is 11.1 Å². The van der Waals surface area contributed by atoms with Gasteiger partial charge in [0, 0.05) is 18.7 Å². The van der Waals surface area contributed by atoms with E-state index in [1.807, 2.05) is 0 Å². The first kappa shape index (κ1) is 14.6. The molecule has 1 aromatic rings. The number of carbonyl (C=O) groups is 2. The second kappa shape index (κ2) is 5.94. The Morgan fingerprint density at radius 1 is 1.42 bits per heavy atom. The predicted octanol–water partition coefficient (Wildman–Crippen LogP) is 0.989. The molecule has 0 aliphatic carbocycles. The average Bonchev–Trinajstić information content (AvgIpc) is 2.30. The predicted molar refractivity (Wildman–Crippen MR) is 66.8 cm³/mol. The number of nitro benzene ring substituents is 1. The fourth-order valence-corrected chi connectivity index (χ4v) is 1.65. The summed E-state index contributed by atoms with van der Waals surface area (Å²) in [7, 11) is 1.38. The summed E-state index contributed by atoms with van der Waals surface area (Å²) < 4.78 is 0. The maximum Gasteiger partial charge on any atom is 0.323 e. The molecule has 0 bridgehead atoms. The molecular formula is C12H14N2O5. The van der Waals surface area contributed by atoms with Crippen LogP contribution < -0.4 is 0 Å². The van der Waals surface area contributed by atoms with Crippen LogP contribution >= 0.6 is 0 Å². The molecule has 0 aliphatic heterocycles. The van der Waals surface area contributed by atoms with E-state index >= 15 is 0 Å². The number of hydrogen-bond donors (Lipinski definition) is 1. The monoisotopic (exact) mass is 266 g/mol. The van der Waals surface area contributed by atoms with Gasteiger partial charge < -0.3 is 10.0 Å². The van der Waals surface area contributed by atoms with Gasteiger partial charge in [-0.3, -0.25) is 19.7 Å². The third-order valence-electron chi connectivity index (χ3n) is 2.75. The zero-order valence-corrected chi connectivity index (χ0v) is 10.6. The summed E-state index contributed by atoms with van der Waals surface area (Å²) in [5.41, 5.74) is 0.896. The molecule has 0 unspecified atom stereocenters. The average molecular weight is 266 g/mol. The largest absolute Gasteiger partial charge is 0.480 e. The molecule has 0 aliphatic rings. The van der Waals surface area contributed by atoms with Crippen molar-refractivity contribution in [2.75, 3.05) is 13.6 Å². The summed E-state index contributed by atoms with van der Waals surface area (Å²) in [6, 6.07) is 4.49. The van der Waals surface area contributed by atoms with Gasteiger partial charge in [0.25, 0.3) is 5.69 Å². The first-order chi connectivity index (χ1) is 8.82. The number of benzene rings is 1. The van der Waals surface area contributed by atoms with Crippen LogP contribution in [0.2, 0.25) is 0 Å². The van der Waals surface area contributed by atoms with Crippen LogP contribution in [0.5, 0.6) is 0 Å². The number of carboxylic acids is 1. The van der Waals surface area contributed by atoms with E-state index in [4.69, 9.17) is 5.11 Å². The molecule has 0 radical (unpaired) electrons. The fourth-order valence-electron chi connectivity index (χ4n) is 1.65. The number of amides is 1. The lowest BCUT2D eigenvalue weighted by atomic mass is 10.0. The van der Waals surface area contributed by atoms with Crippen molar-refractivity contribution in [3.8, 4) is 0 Å². The van der Waals surface area contributed by atoms with Crippen LogP contribution in [-0.4, -0.2) is 40.4 Å². The highest BCUT2D eigenvalue weighted by Crippen LogP contribution is 2.21. The number of aliphatic carboxylic acids is 1. The molecule has 0 saturated heterocycles. The molecule has 1 aromatic carbocycles. The second-order valence-electron chi connectivity index (χ2n) is 4.14. The summed E-state index contributed by atoms with van der Waals surface area (Å²) >= 11 is 0. The van der Waals surface area contributed by atoms with E-state index in [-0.39, 0.29) is 12.1 Å². The molecule has 0 fully saturated rings. The van der Waals surface area contributed by atoms with Gasteiger partial charge >= 0.3 is 5.97 Å². The van der Waals surface area contributed by atoms with Gasteiger partial charge in [0.05, 0.1) is 11.3 Å². The van der Waals surface area contributed by atoms with Crippen molar-refractivity contribution in [3.63, 3.8) is 0 Å². The van der Waals surface area contributed by atoms with Crippen LogP contribution in [-0.2, 0) is 16.0 Å². The number of nitro groups is 1. The molecule has 1 rings (SSSR count). The third-order valence-corrected chi connectivity index (χ3v) is 2.75. The topological polar surface area (TPSA) is 101 Å². The van der Waals surface area contributed by atoms with Gasteiger partial charge in [-0.05, 0) is 12.5 Å². The van der Waals surface area contributed by atoms with Crippen molar-refractivity contribution < 1.29 is 19.6 Å². The standard InChI is InChI=1S/C12H14N2O5/c1-8-9(4-3-5-10(8)14(18)19)6-11(15)13(2)7-12(16)17/h3-5H,6-7H2,1-2H3,(H,16,17). The maximum atomic E-state index is 11.8. The Morgan fingerprint density at radius 3 is 2.58 bits per heavy atom. The minimum absolute atomic E-state index is 0.0498. The Morgan fingerprint density at radius 2 is 2.05 bits per heavy atom. The first-order valence-corrected chi connectivity index (χ1v) is 5.51. The highest BCUT2D eigenvalue weighted by Gasteiger charge is 2.18. The fraction of sp³-hybridized carbons (Fsp3) is 0.333. The van der Waals surface area contributed by atoms with Crippen LogP contribution in [0.15, 0.2) is 18.2 Å². The minimum Gasteiger partial charge on any atom is -0.480 e. The highest BCUT2D eigenvalue weighted by molar-refractivity contribution is 5.83. The van der Waals surface area contributed by atoms with E-state index in [1.165, 1.54) is 19.2 Å². The quantitative estimate of drug-likeness (QED) is 0.632. The van der Waals surface area contributed by atoms with Gasteiger partial charge in [-0.1, -0.05) is 12.1 Å². The molecule has 0 aromatic heterocycles. The molecule has 0 spiro atoms. The SMILES string of the molecule is Cc1c(CC(=O)N(C)CC(=O)O)cccc1[N+](=O)[O-]. The second-order valence-corrected chi connectivity index (χ2v) is 4.14. The van der Waals surface area contributed by atoms with Crippen molar-refractivity contribution in [2.45, 2.75) is 13.3 Å². The summed E-state index contributed by atoms with van der Waals surface area (Å²) in [4.78, 5) is 33.6. The van der Waals surface area contributed by atoms with E-state index in [9.17, 15) is 19.7 Å². The van der Waals surface area contributed by atoms with Crippen molar-refractivity contribution in [1.82, 2.24) is 4.90 Å². The number of likely N-dealkylation sites (N-methyl/N-ethyl adjacent to an activating group) is 1. The lowest BCUT2D eigenvalue weighted by Crippen LogP contribution is -2.33. The van der Waals surface area contributed by atoms with Crippen molar-refractivity contribution in [2.24, 2.45) is 0 Å². The number of carboxylic acid groups (broad SMARTS) is 1. The van der Waals surface area contributed by atoms with Crippen LogP contribution in [0.4, 0.5) is 5.69 Å². The summed E-state index contributed by atoms with van der Waals surface area (Å²) in [6.45, 7) is 1.17. The molecule has 19 heavy (non-hydrogen) atoms. The molecule has 102 valence electrons. The van der Waals surface area contributed by atoms with Crippen LogP contribution in [0.25, 0.3) is 0 Å². The Hall–Kier alpha value is -2.44. The lowest BCUT2D eigenvalue weighted by Gasteiger charge is -2.15. The molecular weight excluding hydrogens is 252 g/mol. The molecule has 0 heterocycles. The molecule has 0 saturated carbocycles. The van der Waals surface area contributed by atoms with E-state index in [1.54, 1.807) is 13.0 Å². The molecule has 7 heteroatoms. The van der Waals surface area contributed by atoms with Crippen molar-refractivity contribution in [1.29, 1.82) is 0 Å². The van der Waals surface area contributed by atoms with Gasteiger partial charge in [0.2, 0.25) is 5.91 Å². The zero-order chi connectivity index (χ0) is 14.6. The van der Waals surface area contributed by atoms with Gasteiger partial charge in [-0.25, -0.2) is 0 Å². The minimum atomic E-state index is -1.10. The van der Waals surface area contributed by atoms with Gasteiger partial charge in [-0.15, -0.1) is 0 Å². The van der Waals surface area contributed by atoms with Crippen molar-refractivity contribution >= 4 is 17.6 Å². The van der Waals surface area contributed by atoms with Crippen molar-refractivity contribution in [3.05, 3.63) is 39.4 Å². The van der Waals surface area contributed by atoms with Crippen LogP contribution in [0, 0.1) is 17.0 Å². The van der Waals surface area contributed by atoms with E-state index in [2.05, 4.69) is 0 Å². The smallest absolute Gasteiger partial charge is 0.323 e. The molecule has 1 amide bonds. The van der Waals surface area contributed by atoms with E-state index in [0.717, 1.165) is 4.90 Å². The number of carbonyl (C=O) groups excluding carboxylic acids is 1. The van der Waals surface area contributed by atoms with Crippen LogP contribution in [0.1, 0.15) is 11.1 Å². The third kappa shape index (κ3) is 3.77. The molecule has 1 N–H and O–H groups in total.